The average Bonchev–Trinajstić information content (AvgIpc) is 3.70. The maximum Gasteiger partial charge on any atom is 0.182 e. The van der Waals surface area contributed by atoms with Crippen molar-refractivity contribution in [1.82, 2.24) is 9.97 Å². The van der Waals surface area contributed by atoms with Crippen molar-refractivity contribution in [1.29, 1.82) is 5.26 Å². The van der Waals surface area contributed by atoms with Gasteiger partial charge >= 0.3 is 0 Å². The van der Waals surface area contributed by atoms with Crippen LogP contribution in [0.4, 0.5) is 5.82 Å². The van der Waals surface area contributed by atoms with E-state index in [1.54, 1.807) is 13.3 Å². The van der Waals surface area contributed by atoms with Crippen LogP contribution in [0.5, 0.6) is 5.75 Å². The number of aromatic nitrogens is 2. The fourth-order valence-electron chi connectivity index (χ4n) is 4.37. The second kappa shape index (κ2) is 11.0. The first-order valence-corrected chi connectivity index (χ1v) is 11.8. The van der Waals surface area contributed by atoms with Crippen LogP contribution in [0.15, 0.2) is 41.7 Å². The highest BCUT2D eigenvalue weighted by molar-refractivity contribution is 6.09. The average molecular weight is 445 g/mol. The molecule has 2 aromatic heterocycles. The lowest BCUT2D eigenvalue weighted by Gasteiger charge is -2.28. The maximum absolute atomic E-state index is 9.30. The summed E-state index contributed by atoms with van der Waals surface area (Å²) in [6, 6.07) is 9.99. The number of nitriles is 1. The molecule has 0 aliphatic heterocycles. The molecule has 0 atom stereocenters. The number of hydrogen-bond acceptors (Lipinski definition) is 7. The van der Waals surface area contributed by atoms with Crippen LogP contribution in [0.25, 0.3) is 5.57 Å². The molecule has 0 amide bonds. The van der Waals surface area contributed by atoms with Crippen molar-refractivity contribution in [2.45, 2.75) is 44.4 Å². The molecule has 2 saturated carbocycles. The van der Waals surface area contributed by atoms with E-state index < -0.39 is 0 Å². The van der Waals surface area contributed by atoms with E-state index in [1.165, 1.54) is 12.8 Å². The molecule has 0 unspecified atom stereocenters. The van der Waals surface area contributed by atoms with Crippen molar-refractivity contribution in [2.75, 3.05) is 25.5 Å². The highest BCUT2D eigenvalue weighted by Gasteiger charge is 2.24. The zero-order chi connectivity index (χ0) is 23.0. The Morgan fingerprint density at radius 3 is 2.70 bits per heavy atom. The van der Waals surface area contributed by atoms with E-state index in [4.69, 9.17) is 10.5 Å². The van der Waals surface area contributed by atoms with Crippen LogP contribution in [0.2, 0.25) is 0 Å². The molecule has 7 nitrogen and oxygen atoms in total. The lowest BCUT2D eigenvalue weighted by Crippen LogP contribution is -2.21. The summed E-state index contributed by atoms with van der Waals surface area (Å²) in [5.41, 5.74) is 9.16. The van der Waals surface area contributed by atoms with E-state index in [0.29, 0.717) is 23.3 Å². The zero-order valence-electron chi connectivity index (χ0n) is 19.2. The van der Waals surface area contributed by atoms with Gasteiger partial charge in [0.25, 0.3) is 0 Å². The fraction of sp³-hybridized carbons (Fsp3) is 0.462. The van der Waals surface area contributed by atoms with Gasteiger partial charge in [-0.25, -0.2) is 9.97 Å². The molecule has 33 heavy (non-hydrogen) atoms. The molecule has 2 heterocycles. The number of ether oxygens (including phenoxy) is 1. The number of aliphatic imine (C=N–C) groups is 1. The number of rotatable bonds is 9. The number of hydrogen-bond donors (Lipinski definition) is 2. The topological polar surface area (TPSA) is 109 Å². The van der Waals surface area contributed by atoms with Crippen LogP contribution in [0.1, 0.15) is 61.4 Å². The van der Waals surface area contributed by atoms with Gasteiger partial charge in [0.1, 0.15) is 11.9 Å². The molecule has 0 radical (unpaired) electrons. The molecule has 2 aliphatic rings. The van der Waals surface area contributed by atoms with Gasteiger partial charge in [0.2, 0.25) is 0 Å². The smallest absolute Gasteiger partial charge is 0.182 e. The molecule has 4 rings (SSSR count). The SMILES string of the molecule is COc1ccc(C2CCC(CNc3cc(C(C=NCC4CC4)=CN)ccn3)CC2)nc1C#N. The van der Waals surface area contributed by atoms with Gasteiger partial charge in [-0.15, -0.1) is 0 Å². The standard InChI is InChI=1S/C26H32N6O/c1-33-25-9-8-23(32-24(25)14-28)20-6-4-19(5-7-20)16-31-26-12-21(10-11-30-26)22(13-27)17-29-15-18-2-3-18/h8-13,17-20H,2-7,15-16,27H2,1H3,(H,30,31). The first-order chi connectivity index (χ1) is 16.2. The Bertz CT molecular complexity index is 1040. The Morgan fingerprint density at radius 1 is 1.21 bits per heavy atom. The molecule has 3 N–H and O–H groups in total. The van der Waals surface area contributed by atoms with Gasteiger partial charge in [0.15, 0.2) is 11.4 Å². The van der Waals surface area contributed by atoms with E-state index in [0.717, 1.165) is 67.3 Å². The highest BCUT2D eigenvalue weighted by atomic mass is 16.5. The zero-order valence-corrected chi connectivity index (χ0v) is 19.2. The molecule has 2 aliphatic carbocycles. The summed E-state index contributed by atoms with van der Waals surface area (Å²) in [7, 11) is 1.57. The normalized spacial score (nSPS) is 21.0. The first kappa shape index (κ1) is 22.8. The van der Waals surface area contributed by atoms with Crippen molar-refractivity contribution in [3.63, 3.8) is 0 Å². The molecular formula is C26H32N6O. The molecule has 7 heteroatoms. The Hall–Kier alpha value is -3.40. The van der Waals surface area contributed by atoms with Crippen LogP contribution >= 0.6 is 0 Å². The van der Waals surface area contributed by atoms with Crippen molar-refractivity contribution in [3.05, 3.63) is 53.6 Å². The first-order valence-electron chi connectivity index (χ1n) is 11.8. The van der Waals surface area contributed by atoms with Crippen molar-refractivity contribution in [2.24, 2.45) is 22.6 Å². The van der Waals surface area contributed by atoms with E-state index in [2.05, 4.69) is 26.3 Å². The third-order valence-electron chi connectivity index (χ3n) is 6.61. The molecular weight excluding hydrogens is 412 g/mol. The Kier molecular flexibility index (Phi) is 7.56. The van der Waals surface area contributed by atoms with Crippen molar-refractivity contribution >= 4 is 17.6 Å². The summed E-state index contributed by atoms with van der Waals surface area (Å²) in [4.78, 5) is 13.6. The van der Waals surface area contributed by atoms with Gasteiger partial charge in [0, 0.05) is 48.9 Å². The van der Waals surface area contributed by atoms with Gasteiger partial charge in [-0.1, -0.05) is 0 Å². The molecule has 172 valence electrons. The van der Waals surface area contributed by atoms with Gasteiger partial charge in [0.05, 0.1) is 7.11 Å². The maximum atomic E-state index is 9.30. The number of anilines is 1. The summed E-state index contributed by atoms with van der Waals surface area (Å²) >= 11 is 0. The summed E-state index contributed by atoms with van der Waals surface area (Å²) in [5.74, 6) is 3.15. The van der Waals surface area contributed by atoms with Crippen LogP contribution in [-0.4, -0.2) is 36.4 Å². The van der Waals surface area contributed by atoms with Crippen LogP contribution in [0, 0.1) is 23.2 Å². The minimum Gasteiger partial charge on any atom is -0.494 e. The quantitative estimate of drug-likeness (QED) is 0.550. The van der Waals surface area contributed by atoms with E-state index in [9.17, 15) is 5.26 Å². The highest BCUT2D eigenvalue weighted by Crippen LogP contribution is 2.36. The Labute approximate surface area is 195 Å². The number of nitrogens with one attached hydrogen (secondary N) is 1. The predicted octanol–water partition coefficient (Wildman–Crippen LogP) is 4.52. The van der Waals surface area contributed by atoms with Gasteiger partial charge in [-0.05, 0) is 80.2 Å². The predicted molar refractivity (Wildman–Crippen MR) is 131 cm³/mol. The largest absolute Gasteiger partial charge is 0.494 e. The third kappa shape index (κ3) is 6.10. The van der Waals surface area contributed by atoms with Gasteiger partial charge < -0.3 is 15.8 Å². The van der Waals surface area contributed by atoms with Crippen LogP contribution in [-0.2, 0) is 0 Å². The van der Waals surface area contributed by atoms with E-state index in [1.807, 2.05) is 36.7 Å². The van der Waals surface area contributed by atoms with Crippen LogP contribution < -0.4 is 15.8 Å². The summed E-state index contributed by atoms with van der Waals surface area (Å²) in [6.45, 7) is 1.78. The molecule has 0 spiro atoms. The second-order valence-electron chi connectivity index (χ2n) is 8.99. The van der Waals surface area contributed by atoms with E-state index >= 15 is 0 Å². The fourth-order valence-corrected chi connectivity index (χ4v) is 4.37. The summed E-state index contributed by atoms with van der Waals surface area (Å²) in [6.07, 6.45) is 12.3. The number of pyridine rings is 2. The number of nitrogens with two attached hydrogens (primary N) is 1. The molecule has 0 bridgehead atoms. The van der Waals surface area contributed by atoms with Crippen molar-refractivity contribution in [3.8, 4) is 11.8 Å². The van der Waals surface area contributed by atoms with Crippen LogP contribution in [0.3, 0.4) is 0 Å². The minimum absolute atomic E-state index is 0.369. The summed E-state index contributed by atoms with van der Waals surface area (Å²) < 4.78 is 5.21. The van der Waals surface area contributed by atoms with E-state index in [-0.39, 0.29) is 0 Å². The lowest BCUT2D eigenvalue weighted by atomic mass is 9.80. The van der Waals surface area contributed by atoms with Gasteiger partial charge in [-0.2, -0.15) is 5.26 Å². The summed E-state index contributed by atoms with van der Waals surface area (Å²) in [5, 5.41) is 12.8. The molecule has 0 saturated heterocycles. The lowest BCUT2D eigenvalue weighted by molar-refractivity contribution is 0.334. The Morgan fingerprint density at radius 2 is 2.00 bits per heavy atom. The number of allylic oxidation sites excluding steroid dienone is 1. The van der Waals surface area contributed by atoms with Crippen molar-refractivity contribution < 1.29 is 4.74 Å². The molecule has 0 aromatic carbocycles. The second-order valence-corrected chi connectivity index (χ2v) is 8.99. The minimum atomic E-state index is 0.369. The monoisotopic (exact) mass is 444 g/mol. The Balaban J connectivity index is 1.29. The number of methoxy groups -OCH3 is 1. The molecule has 2 aromatic rings. The molecule has 2 fully saturated rings. The number of nitrogens with zero attached hydrogens (tertiary/aromatic N) is 4. The third-order valence-corrected chi connectivity index (χ3v) is 6.61. The van der Waals surface area contributed by atoms with Gasteiger partial charge in [-0.3, -0.25) is 4.99 Å².